The number of hydrogen-bond acceptors (Lipinski definition) is 2. The highest BCUT2D eigenvalue weighted by Crippen LogP contribution is 2.36. The Morgan fingerprint density at radius 2 is 1.69 bits per heavy atom. The molecule has 0 aromatic heterocycles. The van der Waals surface area contributed by atoms with Crippen LogP contribution in [0.3, 0.4) is 0 Å². The first-order valence-electron chi connectivity index (χ1n) is 11.6. The van der Waals surface area contributed by atoms with Crippen LogP contribution in [0.4, 0.5) is 4.39 Å². The summed E-state index contributed by atoms with van der Waals surface area (Å²) in [5, 5.41) is 8.46. The predicted molar refractivity (Wildman–Crippen MR) is 116 cm³/mol. The van der Waals surface area contributed by atoms with Crippen LogP contribution in [0, 0.1) is 23.2 Å². The van der Waals surface area contributed by atoms with Gasteiger partial charge in [-0.15, -0.1) is 0 Å². The van der Waals surface area contributed by atoms with Gasteiger partial charge in [-0.25, -0.2) is 0 Å². The van der Waals surface area contributed by atoms with Crippen LogP contribution in [0.15, 0.2) is 36.2 Å². The molecule has 1 aromatic rings. The lowest BCUT2D eigenvalue weighted by Gasteiger charge is -2.32. The normalized spacial score (nSPS) is 28.1. The molecule has 0 unspecified atom stereocenters. The van der Waals surface area contributed by atoms with E-state index in [0.29, 0.717) is 30.3 Å². The summed E-state index contributed by atoms with van der Waals surface area (Å²) in [7, 11) is 0. The highest BCUT2D eigenvalue weighted by atomic mass is 19.1. The first-order chi connectivity index (χ1) is 14.2. The molecular weight excluding hydrogens is 361 g/mol. The summed E-state index contributed by atoms with van der Waals surface area (Å²) in [5.74, 6) is 1.44. The fourth-order valence-electron chi connectivity index (χ4n) is 5.04. The van der Waals surface area contributed by atoms with Crippen molar-refractivity contribution in [3.63, 3.8) is 0 Å². The molecule has 2 saturated carbocycles. The maximum atomic E-state index is 12.9. The number of benzene rings is 1. The topological polar surface area (TPSA) is 33.0 Å². The zero-order valence-electron chi connectivity index (χ0n) is 17.9. The van der Waals surface area contributed by atoms with Gasteiger partial charge in [0, 0.05) is 6.61 Å². The Labute approximate surface area is 176 Å². The maximum absolute atomic E-state index is 12.9. The lowest BCUT2D eigenvalue weighted by molar-refractivity contribution is -0.00474. The third kappa shape index (κ3) is 6.96. The number of hydrogen-bond donors (Lipinski definition) is 0. The van der Waals surface area contributed by atoms with Crippen molar-refractivity contribution in [3.8, 4) is 6.07 Å². The number of aryl methyl sites for hydroxylation is 1. The van der Waals surface area contributed by atoms with Crippen LogP contribution in [0.25, 0.3) is 0 Å². The Balaban J connectivity index is 1.30. The van der Waals surface area contributed by atoms with Crippen molar-refractivity contribution >= 4 is 0 Å². The molecule has 1 aromatic carbocycles. The summed E-state index contributed by atoms with van der Waals surface area (Å²) in [6.07, 6.45) is 14.4. The van der Waals surface area contributed by atoms with Gasteiger partial charge in [-0.05, 0) is 92.7 Å². The molecule has 0 bridgehead atoms. The molecule has 0 spiro atoms. The van der Waals surface area contributed by atoms with Crippen LogP contribution < -0.4 is 0 Å². The minimum absolute atomic E-state index is 0.443. The molecular formula is C26H36FNO. The zero-order valence-corrected chi connectivity index (χ0v) is 17.9. The third-order valence-electron chi connectivity index (χ3n) is 7.07. The molecule has 0 aliphatic heterocycles. The number of rotatable bonds is 8. The Bertz CT molecular complexity index is 674. The lowest BCUT2D eigenvalue weighted by atomic mass is 9.80. The van der Waals surface area contributed by atoms with E-state index in [2.05, 4.69) is 31.2 Å². The van der Waals surface area contributed by atoms with Crippen molar-refractivity contribution in [3.05, 3.63) is 47.3 Å². The van der Waals surface area contributed by atoms with E-state index in [4.69, 9.17) is 10.00 Å². The SMILES string of the molecule is CCc1ccc([C@H]2CC[C@H](OC[C@H]3CC[C@H](CCC=C(F)C#N)CC3)CC2)cc1. The molecule has 0 atom stereocenters. The van der Waals surface area contributed by atoms with Gasteiger partial charge in [0.05, 0.1) is 6.10 Å². The van der Waals surface area contributed by atoms with E-state index in [0.717, 1.165) is 19.4 Å². The molecule has 0 heterocycles. The quantitative estimate of drug-likeness (QED) is 0.433. The molecule has 0 radical (unpaired) electrons. The molecule has 2 aliphatic carbocycles. The zero-order chi connectivity index (χ0) is 20.5. The van der Waals surface area contributed by atoms with Gasteiger partial charge >= 0.3 is 0 Å². The van der Waals surface area contributed by atoms with Crippen molar-refractivity contribution in [2.45, 2.75) is 89.6 Å². The monoisotopic (exact) mass is 397 g/mol. The molecule has 0 N–H and O–H groups in total. The predicted octanol–water partition coefficient (Wildman–Crippen LogP) is 7.26. The third-order valence-corrected chi connectivity index (χ3v) is 7.07. The smallest absolute Gasteiger partial charge is 0.196 e. The highest BCUT2D eigenvalue weighted by molar-refractivity contribution is 5.25. The van der Waals surface area contributed by atoms with Gasteiger partial charge in [-0.2, -0.15) is 9.65 Å². The summed E-state index contributed by atoms with van der Waals surface area (Å²) >= 11 is 0. The Morgan fingerprint density at radius 1 is 1.03 bits per heavy atom. The van der Waals surface area contributed by atoms with E-state index in [-0.39, 0.29) is 0 Å². The molecule has 0 saturated heterocycles. The van der Waals surface area contributed by atoms with Crippen LogP contribution >= 0.6 is 0 Å². The van der Waals surface area contributed by atoms with Crippen LogP contribution in [0.1, 0.15) is 88.2 Å². The Hall–Kier alpha value is -1.66. The van der Waals surface area contributed by atoms with Crippen molar-refractivity contribution in [1.29, 1.82) is 5.26 Å². The van der Waals surface area contributed by atoms with E-state index >= 15 is 0 Å². The molecule has 0 amide bonds. The highest BCUT2D eigenvalue weighted by Gasteiger charge is 2.25. The van der Waals surface area contributed by atoms with Gasteiger partial charge in [0.2, 0.25) is 0 Å². The minimum Gasteiger partial charge on any atom is -0.378 e. The van der Waals surface area contributed by atoms with E-state index in [9.17, 15) is 4.39 Å². The van der Waals surface area contributed by atoms with Gasteiger partial charge in [0.25, 0.3) is 0 Å². The van der Waals surface area contributed by atoms with E-state index in [1.165, 1.54) is 68.6 Å². The Morgan fingerprint density at radius 3 is 2.31 bits per heavy atom. The van der Waals surface area contributed by atoms with E-state index in [1.807, 2.05) is 0 Å². The van der Waals surface area contributed by atoms with Crippen LogP contribution in [-0.4, -0.2) is 12.7 Å². The van der Waals surface area contributed by atoms with Crippen molar-refractivity contribution in [1.82, 2.24) is 0 Å². The largest absolute Gasteiger partial charge is 0.378 e. The molecule has 2 fully saturated rings. The molecule has 3 heteroatoms. The molecule has 3 rings (SSSR count). The second-order valence-electron chi connectivity index (χ2n) is 9.03. The van der Waals surface area contributed by atoms with Gasteiger partial charge in [-0.3, -0.25) is 0 Å². The lowest BCUT2D eigenvalue weighted by Crippen LogP contribution is -2.25. The van der Waals surface area contributed by atoms with Gasteiger partial charge in [-0.1, -0.05) is 44.0 Å². The number of nitriles is 1. The number of halogens is 1. The minimum atomic E-state index is -0.639. The van der Waals surface area contributed by atoms with Gasteiger partial charge in [0.15, 0.2) is 5.83 Å². The summed E-state index contributed by atoms with van der Waals surface area (Å²) in [6.45, 7) is 3.12. The second-order valence-corrected chi connectivity index (χ2v) is 9.03. The van der Waals surface area contributed by atoms with Gasteiger partial charge < -0.3 is 4.74 Å². The van der Waals surface area contributed by atoms with E-state index in [1.54, 1.807) is 6.07 Å². The maximum Gasteiger partial charge on any atom is 0.196 e. The van der Waals surface area contributed by atoms with Crippen molar-refractivity contribution in [2.75, 3.05) is 6.61 Å². The summed E-state index contributed by atoms with van der Waals surface area (Å²) in [5.41, 5.74) is 2.93. The fraction of sp³-hybridized carbons (Fsp3) is 0.654. The summed E-state index contributed by atoms with van der Waals surface area (Å²) in [6, 6.07) is 10.8. The fourth-order valence-corrected chi connectivity index (χ4v) is 5.04. The van der Waals surface area contributed by atoms with Gasteiger partial charge in [0.1, 0.15) is 6.07 Å². The van der Waals surface area contributed by atoms with Crippen molar-refractivity contribution < 1.29 is 9.13 Å². The standard InChI is InChI=1S/C26H36FNO/c1-2-20-10-12-23(13-11-20)24-14-16-26(17-15-24)29-19-22-8-6-21(7-9-22)4-3-5-25(27)18-28/h5,10-13,21-22,24,26H,2-4,6-9,14-17,19H2,1H3/t21-,22-,24-,26-. The molecule has 2 nitrogen and oxygen atoms in total. The first kappa shape index (κ1) is 22.0. The van der Waals surface area contributed by atoms with Crippen molar-refractivity contribution in [2.24, 2.45) is 11.8 Å². The first-order valence-corrected chi connectivity index (χ1v) is 11.6. The summed E-state index contributed by atoms with van der Waals surface area (Å²) in [4.78, 5) is 0. The van der Waals surface area contributed by atoms with E-state index < -0.39 is 5.83 Å². The second kappa shape index (κ2) is 11.5. The number of allylic oxidation sites excluding steroid dienone is 2. The molecule has 158 valence electrons. The van der Waals surface area contributed by atoms with Crippen LogP contribution in [-0.2, 0) is 11.2 Å². The number of ether oxygens (including phenoxy) is 1. The summed E-state index contributed by atoms with van der Waals surface area (Å²) < 4.78 is 19.2. The van der Waals surface area contributed by atoms with Crippen LogP contribution in [0.5, 0.6) is 0 Å². The average Bonchev–Trinajstić information content (AvgIpc) is 2.79. The number of nitrogens with zero attached hydrogens (tertiary/aromatic N) is 1. The van der Waals surface area contributed by atoms with Crippen LogP contribution in [0.2, 0.25) is 0 Å². The Kier molecular flexibility index (Phi) is 8.74. The molecule has 29 heavy (non-hydrogen) atoms. The average molecular weight is 398 g/mol. The molecule has 2 aliphatic rings.